The fourth-order valence-electron chi connectivity index (χ4n) is 1.70. The summed E-state index contributed by atoms with van der Waals surface area (Å²) in [4.78, 5) is 13.9. The molecule has 1 rings (SSSR count). The summed E-state index contributed by atoms with van der Waals surface area (Å²) < 4.78 is 5.34. The zero-order valence-electron chi connectivity index (χ0n) is 12.5. The van der Waals surface area contributed by atoms with E-state index in [2.05, 4.69) is 24.1 Å². The molecule has 126 valence electrons. The Bertz CT molecular complexity index is 482. The minimum atomic E-state index is -0.204. The summed E-state index contributed by atoms with van der Waals surface area (Å²) in [7, 11) is 0. The number of amides is 1. The van der Waals surface area contributed by atoms with E-state index < -0.39 is 0 Å². The van der Waals surface area contributed by atoms with E-state index in [1.807, 2.05) is 0 Å². The number of nitrogens with one attached hydrogen (secondary N) is 1. The van der Waals surface area contributed by atoms with Gasteiger partial charge in [0.1, 0.15) is 5.75 Å². The van der Waals surface area contributed by atoms with Gasteiger partial charge in [-0.15, -0.1) is 12.4 Å². The molecule has 0 spiro atoms. The lowest BCUT2D eigenvalue weighted by molar-refractivity contribution is -0.123. The molecule has 8 heteroatoms. The van der Waals surface area contributed by atoms with Crippen LogP contribution in [0, 0.1) is 0 Å². The molecule has 1 aromatic carbocycles. The summed E-state index contributed by atoms with van der Waals surface area (Å²) in [6.07, 6.45) is 0. The minimum Gasteiger partial charge on any atom is -0.482 e. The van der Waals surface area contributed by atoms with Crippen molar-refractivity contribution >= 4 is 53.1 Å². The van der Waals surface area contributed by atoms with Gasteiger partial charge in [0.15, 0.2) is 6.61 Å². The van der Waals surface area contributed by atoms with Crippen LogP contribution in [-0.2, 0) is 4.79 Å². The second kappa shape index (κ2) is 11.2. The standard InChI is InChI=1S/C14H19Cl3N2O2.ClH/c1-3-19(4-2)6-5-18-14(20)9-21-13-8-11(16)10(15)7-12(13)17;/h7-8H,3-6,9H2,1-2H3,(H,18,20);1H. The molecule has 0 saturated carbocycles. The Morgan fingerprint density at radius 2 is 1.73 bits per heavy atom. The summed E-state index contributed by atoms with van der Waals surface area (Å²) in [5, 5.41) is 3.79. The molecule has 0 aliphatic heterocycles. The zero-order chi connectivity index (χ0) is 15.8. The normalized spacial score (nSPS) is 10.3. The number of rotatable bonds is 8. The third kappa shape index (κ3) is 7.25. The second-order valence-electron chi connectivity index (χ2n) is 4.36. The van der Waals surface area contributed by atoms with E-state index in [4.69, 9.17) is 39.5 Å². The van der Waals surface area contributed by atoms with E-state index in [-0.39, 0.29) is 24.9 Å². The van der Waals surface area contributed by atoms with Crippen LogP contribution in [0.25, 0.3) is 0 Å². The van der Waals surface area contributed by atoms with Crippen LogP contribution in [0.3, 0.4) is 0 Å². The SMILES string of the molecule is CCN(CC)CCNC(=O)COc1cc(Cl)c(Cl)cc1Cl.Cl. The Balaban J connectivity index is 0.00000441. The maximum Gasteiger partial charge on any atom is 0.257 e. The van der Waals surface area contributed by atoms with E-state index in [1.165, 1.54) is 12.1 Å². The first-order chi connectivity index (χ1) is 9.97. The molecule has 1 amide bonds. The highest BCUT2D eigenvalue weighted by Crippen LogP contribution is 2.33. The third-order valence-corrected chi connectivity index (χ3v) is 4.00. The minimum absolute atomic E-state index is 0. The molecule has 4 nitrogen and oxygen atoms in total. The van der Waals surface area contributed by atoms with Crippen molar-refractivity contribution in [3.05, 3.63) is 27.2 Å². The van der Waals surface area contributed by atoms with Crippen LogP contribution in [0.1, 0.15) is 13.8 Å². The highest BCUT2D eigenvalue weighted by atomic mass is 35.5. The molecule has 0 heterocycles. The molecular formula is C14H20Cl4N2O2. The number of benzene rings is 1. The molecule has 0 saturated heterocycles. The molecule has 0 aromatic heterocycles. The molecule has 1 aromatic rings. The molecular weight excluding hydrogens is 370 g/mol. The van der Waals surface area contributed by atoms with Crippen LogP contribution in [0.4, 0.5) is 0 Å². The fraction of sp³-hybridized carbons (Fsp3) is 0.500. The van der Waals surface area contributed by atoms with Gasteiger partial charge in [-0.05, 0) is 19.2 Å². The van der Waals surface area contributed by atoms with Crippen molar-refractivity contribution in [1.29, 1.82) is 0 Å². The molecule has 0 radical (unpaired) electrons. The quantitative estimate of drug-likeness (QED) is 0.685. The average Bonchev–Trinajstić information content (AvgIpc) is 2.46. The second-order valence-corrected chi connectivity index (χ2v) is 5.58. The Hall–Kier alpha value is -0.390. The van der Waals surface area contributed by atoms with Gasteiger partial charge in [0.25, 0.3) is 5.91 Å². The summed E-state index contributed by atoms with van der Waals surface area (Å²) >= 11 is 17.7. The van der Waals surface area contributed by atoms with Crippen molar-refractivity contribution in [2.24, 2.45) is 0 Å². The van der Waals surface area contributed by atoms with Crippen LogP contribution < -0.4 is 10.1 Å². The number of carbonyl (C=O) groups is 1. The first-order valence-corrected chi connectivity index (χ1v) is 7.87. The van der Waals surface area contributed by atoms with Crippen molar-refractivity contribution in [2.45, 2.75) is 13.8 Å². The molecule has 0 aliphatic rings. The average molecular weight is 390 g/mol. The van der Waals surface area contributed by atoms with Crippen LogP contribution >= 0.6 is 47.2 Å². The highest BCUT2D eigenvalue weighted by Gasteiger charge is 2.09. The van der Waals surface area contributed by atoms with Crippen LogP contribution in [0.5, 0.6) is 5.75 Å². The maximum atomic E-state index is 11.7. The lowest BCUT2D eigenvalue weighted by Gasteiger charge is -2.18. The Kier molecular flexibility index (Phi) is 11.0. The van der Waals surface area contributed by atoms with Crippen molar-refractivity contribution in [1.82, 2.24) is 10.2 Å². The van der Waals surface area contributed by atoms with E-state index in [9.17, 15) is 4.79 Å². The first kappa shape index (κ1) is 21.6. The third-order valence-electron chi connectivity index (χ3n) is 2.98. The van der Waals surface area contributed by atoms with Crippen molar-refractivity contribution in [3.63, 3.8) is 0 Å². The van der Waals surface area contributed by atoms with E-state index in [0.717, 1.165) is 19.6 Å². The number of likely N-dealkylation sites (N-methyl/N-ethyl adjacent to an activating group) is 1. The lowest BCUT2D eigenvalue weighted by Crippen LogP contribution is -2.36. The molecule has 0 unspecified atom stereocenters. The van der Waals surface area contributed by atoms with Crippen molar-refractivity contribution < 1.29 is 9.53 Å². The van der Waals surface area contributed by atoms with Crippen LogP contribution in [0.2, 0.25) is 15.1 Å². The number of carbonyl (C=O) groups excluding carboxylic acids is 1. The van der Waals surface area contributed by atoms with Gasteiger partial charge in [0.05, 0.1) is 15.1 Å². The van der Waals surface area contributed by atoms with Gasteiger partial charge in [-0.2, -0.15) is 0 Å². The fourth-order valence-corrected chi connectivity index (χ4v) is 2.29. The summed E-state index contributed by atoms with van der Waals surface area (Å²) in [6, 6.07) is 2.98. The smallest absolute Gasteiger partial charge is 0.257 e. The van der Waals surface area contributed by atoms with Crippen LogP contribution in [-0.4, -0.2) is 43.6 Å². The van der Waals surface area contributed by atoms with E-state index in [0.29, 0.717) is 27.4 Å². The predicted molar refractivity (Wildman–Crippen MR) is 95.0 cm³/mol. The number of halogens is 4. The van der Waals surface area contributed by atoms with Gasteiger partial charge in [-0.1, -0.05) is 48.7 Å². The van der Waals surface area contributed by atoms with Gasteiger partial charge in [-0.25, -0.2) is 0 Å². The summed E-state index contributed by atoms with van der Waals surface area (Å²) in [5.41, 5.74) is 0. The Morgan fingerprint density at radius 3 is 2.32 bits per heavy atom. The van der Waals surface area contributed by atoms with Gasteiger partial charge in [-0.3, -0.25) is 4.79 Å². The molecule has 22 heavy (non-hydrogen) atoms. The maximum absolute atomic E-state index is 11.7. The van der Waals surface area contributed by atoms with Gasteiger partial charge >= 0.3 is 0 Å². The number of hydrogen-bond acceptors (Lipinski definition) is 3. The van der Waals surface area contributed by atoms with Crippen molar-refractivity contribution in [3.8, 4) is 5.75 Å². The zero-order valence-corrected chi connectivity index (χ0v) is 15.6. The monoisotopic (exact) mass is 388 g/mol. The lowest BCUT2D eigenvalue weighted by atomic mass is 10.3. The van der Waals surface area contributed by atoms with Gasteiger partial charge < -0.3 is 15.0 Å². The topological polar surface area (TPSA) is 41.6 Å². The first-order valence-electron chi connectivity index (χ1n) is 6.74. The van der Waals surface area contributed by atoms with E-state index in [1.54, 1.807) is 0 Å². The molecule has 1 N–H and O–H groups in total. The van der Waals surface area contributed by atoms with Gasteiger partial charge in [0.2, 0.25) is 0 Å². The molecule has 0 bridgehead atoms. The Labute approximate surface area is 152 Å². The number of nitrogens with zero attached hydrogens (tertiary/aromatic N) is 1. The van der Waals surface area contributed by atoms with E-state index >= 15 is 0 Å². The Morgan fingerprint density at radius 1 is 1.14 bits per heavy atom. The predicted octanol–water partition coefficient (Wildman–Crippen LogP) is 3.91. The summed E-state index contributed by atoms with van der Waals surface area (Å²) in [5.74, 6) is 0.134. The largest absolute Gasteiger partial charge is 0.482 e. The highest BCUT2D eigenvalue weighted by molar-refractivity contribution is 6.43. The molecule has 0 aliphatic carbocycles. The number of ether oxygens (including phenoxy) is 1. The van der Waals surface area contributed by atoms with Crippen LogP contribution in [0.15, 0.2) is 12.1 Å². The number of hydrogen-bond donors (Lipinski definition) is 1. The van der Waals surface area contributed by atoms with Gasteiger partial charge in [0, 0.05) is 19.2 Å². The summed E-state index contributed by atoms with van der Waals surface area (Å²) in [6.45, 7) is 7.37. The van der Waals surface area contributed by atoms with Crippen molar-refractivity contribution in [2.75, 3.05) is 32.8 Å². The molecule has 0 atom stereocenters. The molecule has 0 fully saturated rings.